The van der Waals surface area contributed by atoms with Crippen LogP contribution in [0.1, 0.15) is 64.3 Å². The Balaban J connectivity index is 1.31. The molecule has 2 N–H and O–H groups in total. The first kappa shape index (κ1) is 17.0. The van der Waals surface area contributed by atoms with Crippen LogP contribution in [0.2, 0.25) is 0 Å². The highest BCUT2D eigenvalue weighted by atomic mass is 32.1. The van der Waals surface area contributed by atoms with E-state index in [0.717, 1.165) is 42.6 Å². The van der Waals surface area contributed by atoms with Crippen molar-refractivity contribution in [2.75, 3.05) is 5.32 Å². The van der Waals surface area contributed by atoms with Gasteiger partial charge < -0.3 is 15.1 Å². The van der Waals surface area contributed by atoms with Gasteiger partial charge in [0.2, 0.25) is 0 Å². The summed E-state index contributed by atoms with van der Waals surface area (Å²) < 4.78 is 5.12. The molecule has 4 saturated carbocycles. The molecule has 5 nitrogen and oxygen atoms in total. The molecule has 142 valence electrons. The standard InChI is InChI=1S/C21H24N2O3S/c1-12-5-17(22-19(24)16-3-2-4-26-16)27-18(12)20(25)23-21-9-13-6-14(10-21)8-15(7-13)11-21/h2-5,13-15H,6-11H2,1H3,(H,22,24)(H,23,25). The van der Waals surface area contributed by atoms with Crippen LogP contribution in [0.3, 0.4) is 0 Å². The number of furan rings is 1. The zero-order valence-electron chi connectivity index (χ0n) is 15.4. The van der Waals surface area contributed by atoms with Crippen molar-refractivity contribution in [3.8, 4) is 0 Å². The third-order valence-electron chi connectivity index (χ3n) is 6.52. The highest BCUT2D eigenvalue weighted by molar-refractivity contribution is 7.18. The number of nitrogens with one attached hydrogen (secondary N) is 2. The quantitative estimate of drug-likeness (QED) is 0.809. The second-order valence-electron chi connectivity index (χ2n) is 8.71. The summed E-state index contributed by atoms with van der Waals surface area (Å²) in [5.41, 5.74) is 0.900. The summed E-state index contributed by atoms with van der Waals surface area (Å²) in [6.45, 7) is 1.92. The first-order chi connectivity index (χ1) is 13.0. The molecule has 2 heterocycles. The number of rotatable bonds is 4. The van der Waals surface area contributed by atoms with Crippen LogP contribution >= 0.6 is 11.3 Å². The van der Waals surface area contributed by atoms with Crippen LogP contribution in [-0.4, -0.2) is 17.4 Å². The number of hydrogen-bond donors (Lipinski definition) is 2. The van der Waals surface area contributed by atoms with Crippen molar-refractivity contribution in [1.82, 2.24) is 5.32 Å². The van der Waals surface area contributed by atoms with Gasteiger partial charge in [0.1, 0.15) is 0 Å². The van der Waals surface area contributed by atoms with E-state index in [0.29, 0.717) is 9.88 Å². The Labute approximate surface area is 162 Å². The number of carbonyl (C=O) groups excluding carboxylic acids is 2. The summed E-state index contributed by atoms with van der Waals surface area (Å²) >= 11 is 1.34. The van der Waals surface area contributed by atoms with Crippen molar-refractivity contribution in [3.63, 3.8) is 0 Å². The molecule has 6 rings (SSSR count). The van der Waals surface area contributed by atoms with Gasteiger partial charge in [0.05, 0.1) is 16.1 Å². The molecule has 4 fully saturated rings. The highest BCUT2D eigenvalue weighted by Crippen LogP contribution is 2.55. The van der Waals surface area contributed by atoms with Crippen molar-refractivity contribution < 1.29 is 14.0 Å². The van der Waals surface area contributed by atoms with E-state index in [1.54, 1.807) is 12.1 Å². The molecule has 27 heavy (non-hydrogen) atoms. The third kappa shape index (κ3) is 3.10. The Kier molecular flexibility index (Phi) is 3.93. The van der Waals surface area contributed by atoms with Gasteiger partial charge in [-0.1, -0.05) is 0 Å². The Morgan fingerprint density at radius 2 is 1.78 bits per heavy atom. The molecule has 6 heteroatoms. The summed E-state index contributed by atoms with van der Waals surface area (Å²) in [5.74, 6) is 2.37. The van der Waals surface area contributed by atoms with Crippen molar-refractivity contribution in [2.24, 2.45) is 17.8 Å². The maximum Gasteiger partial charge on any atom is 0.291 e. The van der Waals surface area contributed by atoms with E-state index >= 15 is 0 Å². The SMILES string of the molecule is Cc1cc(NC(=O)c2ccco2)sc1C(=O)NC12CC3CC(CC(C3)C1)C2. The number of aryl methyl sites for hydroxylation is 1. The van der Waals surface area contributed by atoms with E-state index in [4.69, 9.17) is 4.42 Å². The molecule has 0 saturated heterocycles. The molecule has 2 aromatic rings. The molecule has 2 amide bonds. The van der Waals surface area contributed by atoms with Crippen LogP contribution in [0.4, 0.5) is 5.00 Å². The summed E-state index contributed by atoms with van der Waals surface area (Å²) in [6.07, 6.45) is 8.95. The van der Waals surface area contributed by atoms with E-state index < -0.39 is 0 Å². The molecular weight excluding hydrogens is 360 g/mol. The molecule has 0 radical (unpaired) electrons. The van der Waals surface area contributed by atoms with Crippen LogP contribution < -0.4 is 10.6 Å². The molecular formula is C21H24N2O3S. The fourth-order valence-electron chi connectivity index (χ4n) is 5.91. The molecule has 0 aromatic carbocycles. The van der Waals surface area contributed by atoms with E-state index in [2.05, 4.69) is 10.6 Å². The van der Waals surface area contributed by atoms with E-state index in [9.17, 15) is 9.59 Å². The lowest BCUT2D eigenvalue weighted by atomic mass is 9.53. The molecule has 0 unspecified atom stereocenters. The van der Waals surface area contributed by atoms with Crippen LogP contribution in [0.25, 0.3) is 0 Å². The Hall–Kier alpha value is -2.08. The molecule has 0 atom stereocenters. The van der Waals surface area contributed by atoms with Crippen molar-refractivity contribution in [2.45, 2.75) is 51.0 Å². The lowest BCUT2D eigenvalue weighted by Gasteiger charge is -2.56. The van der Waals surface area contributed by atoms with Crippen LogP contribution in [0.5, 0.6) is 0 Å². The largest absolute Gasteiger partial charge is 0.459 e. The molecule has 0 spiro atoms. The minimum atomic E-state index is -0.297. The zero-order valence-corrected chi connectivity index (χ0v) is 16.2. The maximum absolute atomic E-state index is 13.0. The fourth-order valence-corrected chi connectivity index (χ4v) is 6.87. The molecule has 4 aliphatic carbocycles. The molecule has 4 aliphatic rings. The molecule has 0 aliphatic heterocycles. The lowest BCUT2D eigenvalue weighted by molar-refractivity contribution is -0.0166. The maximum atomic E-state index is 13.0. The van der Waals surface area contributed by atoms with E-state index in [1.165, 1.54) is 36.9 Å². The number of anilines is 1. The Bertz CT molecular complexity index is 848. The van der Waals surface area contributed by atoms with Gasteiger partial charge in [-0.25, -0.2) is 0 Å². The normalized spacial score (nSPS) is 31.1. The highest BCUT2D eigenvalue weighted by Gasteiger charge is 2.51. The number of hydrogen-bond acceptors (Lipinski definition) is 4. The average molecular weight is 385 g/mol. The van der Waals surface area contributed by atoms with Crippen LogP contribution in [0.15, 0.2) is 28.9 Å². The topological polar surface area (TPSA) is 71.3 Å². The first-order valence-corrected chi connectivity index (χ1v) is 10.6. The number of carbonyl (C=O) groups is 2. The lowest BCUT2D eigenvalue weighted by Crippen LogP contribution is -2.59. The predicted octanol–water partition coefficient (Wildman–Crippen LogP) is 4.60. The van der Waals surface area contributed by atoms with Crippen molar-refractivity contribution in [1.29, 1.82) is 0 Å². The zero-order chi connectivity index (χ0) is 18.6. The summed E-state index contributed by atoms with van der Waals surface area (Å²) in [5, 5.41) is 6.91. The van der Waals surface area contributed by atoms with Gasteiger partial charge in [-0.3, -0.25) is 9.59 Å². The minimum absolute atomic E-state index is 0.000155. The fraction of sp³-hybridized carbons (Fsp3) is 0.524. The molecule has 2 aromatic heterocycles. The Morgan fingerprint density at radius 1 is 1.11 bits per heavy atom. The van der Waals surface area contributed by atoms with Gasteiger partial charge in [0, 0.05) is 5.54 Å². The van der Waals surface area contributed by atoms with Crippen LogP contribution in [0, 0.1) is 24.7 Å². The Morgan fingerprint density at radius 3 is 2.37 bits per heavy atom. The summed E-state index contributed by atoms with van der Waals surface area (Å²) in [6, 6.07) is 5.16. The van der Waals surface area contributed by atoms with E-state index in [1.807, 2.05) is 13.0 Å². The van der Waals surface area contributed by atoms with Gasteiger partial charge >= 0.3 is 0 Å². The molecule has 4 bridgehead atoms. The predicted molar refractivity (Wildman–Crippen MR) is 104 cm³/mol. The van der Waals surface area contributed by atoms with Gasteiger partial charge in [-0.05, 0) is 87.0 Å². The number of thiophene rings is 1. The van der Waals surface area contributed by atoms with Crippen molar-refractivity contribution in [3.05, 3.63) is 40.7 Å². The van der Waals surface area contributed by atoms with Crippen molar-refractivity contribution >= 4 is 28.2 Å². The summed E-state index contributed by atoms with van der Waals surface area (Å²) in [7, 11) is 0. The first-order valence-electron chi connectivity index (χ1n) is 9.77. The second-order valence-corrected chi connectivity index (χ2v) is 9.76. The summed E-state index contributed by atoms with van der Waals surface area (Å²) in [4.78, 5) is 25.9. The minimum Gasteiger partial charge on any atom is -0.459 e. The number of amides is 2. The second kappa shape index (κ2) is 6.23. The van der Waals surface area contributed by atoms with Crippen LogP contribution in [-0.2, 0) is 0 Å². The van der Waals surface area contributed by atoms with E-state index in [-0.39, 0.29) is 23.1 Å². The van der Waals surface area contributed by atoms with Gasteiger partial charge in [-0.15, -0.1) is 11.3 Å². The smallest absolute Gasteiger partial charge is 0.291 e. The monoisotopic (exact) mass is 384 g/mol. The average Bonchev–Trinajstić information content (AvgIpc) is 3.23. The van der Waals surface area contributed by atoms with Gasteiger partial charge in [0.15, 0.2) is 5.76 Å². The third-order valence-corrected chi connectivity index (χ3v) is 7.67. The van der Waals surface area contributed by atoms with Gasteiger partial charge in [0.25, 0.3) is 11.8 Å². The van der Waals surface area contributed by atoms with Gasteiger partial charge in [-0.2, -0.15) is 0 Å².